The predicted octanol–water partition coefficient (Wildman–Crippen LogP) is 0.514. The molecular weight excluding hydrogens is 310 g/mol. The van der Waals surface area contributed by atoms with Crippen LogP contribution in [0.3, 0.4) is 0 Å². The Morgan fingerprint density at radius 3 is 2.55 bits per heavy atom. The molecule has 0 unspecified atom stereocenters. The van der Waals surface area contributed by atoms with E-state index in [1.54, 1.807) is 0 Å². The van der Waals surface area contributed by atoms with Crippen molar-refractivity contribution in [2.24, 2.45) is 0 Å². The number of nitro groups is 1. The molecule has 0 saturated carbocycles. The number of pyridine rings is 1. The van der Waals surface area contributed by atoms with Crippen LogP contribution >= 0.6 is 11.6 Å². The SMILES string of the molecule is O=C(c1cc(Cl)ncc1[N+](=O)[O-])N1CCS(=O)(=O)CC1. The van der Waals surface area contributed by atoms with Crippen LogP contribution in [-0.4, -0.2) is 53.7 Å². The van der Waals surface area contributed by atoms with Crippen LogP contribution in [0.4, 0.5) is 5.69 Å². The Balaban J connectivity index is 2.30. The third-order valence-electron chi connectivity index (χ3n) is 2.91. The van der Waals surface area contributed by atoms with E-state index in [2.05, 4.69) is 4.98 Å². The normalized spacial score (nSPS) is 17.8. The van der Waals surface area contributed by atoms with Gasteiger partial charge in [0, 0.05) is 13.1 Å². The summed E-state index contributed by atoms with van der Waals surface area (Å²) in [6, 6.07) is 1.12. The van der Waals surface area contributed by atoms with Gasteiger partial charge in [-0.1, -0.05) is 11.6 Å². The molecule has 0 aliphatic carbocycles. The number of hydrogen-bond donors (Lipinski definition) is 0. The van der Waals surface area contributed by atoms with Crippen LogP contribution in [0, 0.1) is 10.1 Å². The maximum Gasteiger partial charge on any atom is 0.300 e. The molecule has 0 spiro atoms. The van der Waals surface area contributed by atoms with E-state index in [1.807, 2.05) is 0 Å². The zero-order valence-electron chi connectivity index (χ0n) is 10.2. The fourth-order valence-electron chi connectivity index (χ4n) is 1.83. The van der Waals surface area contributed by atoms with Crippen molar-refractivity contribution in [3.63, 3.8) is 0 Å². The molecule has 108 valence electrons. The van der Waals surface area contributed by atoms with Gasteiger partial charge in [0.15, 0.2) is 9.84 Å². The molecule has 1 aromatic heterocycles. The Hall–Kier alpha value is -1.74. The minimum Gasteiger partial charge on any atom is -0.336 e. The number of amides is 1. The average molecular weight is 320 g/mol. The van der Waals surface area contributed by atoms with Crippen molar-refractivity contribution < 1.29 is 18.1 Å². The third-order valence-corrected chi connectivity index (χ3v) is 4.72. The maximum atomic E-state index is 12.2. The first kappa shape index (κ1) is 14.7. The Labute approximate surface area is 119 Å². The summed E-state index contributed by atoms with van der Waals surface area (Å²) in [5.74, 6) is -0.910. The molecule has 0 radical (unpaired) electrons. The van der Waals surface area contributed by atoms with Crippen LogP contribution in [0.1, 0.15) is 10.4 Å². The average Bonchev–Trinajstić information content (AvgIpc) is 2.37. The Bertz CT molecular complexity index is 661. The number of carbonyl (C=O) groups is 1. The zero-order chi connectivity index (χ0) is 14.9. The van der Waals surface area contributed by atoms with Gasteiger partial charge in [-0.15, -0.1) is 0 Å². The number of nitrogens with zero attached hydrogens (tertiary/aromatic N) is 3. The molecule has 8 nitrogen and oxygen atoms in total. The van der Waals surface area contributed by atoms with E-state index in [4.69, 9.17) is 11.6 Å². The summed E-state index contributed by atoms with van der Waals surface area (Å²) in [6.45, 7) is 0.0243. The third kappa shape index (κ3) is 3.05. The lowest BCUT2D eigenvalue weighted by molar-refractivity contribution is -0.385. The summed E-state index contributed by atoms with van der Waals surface area (Å²) in [5, 5.41) is 10.8. The molecule has 1 aromatic rings. The fraction of sp³-hybridized carbons (Fsp3) is 0.400. The van der Waals surface area contributed by atoms with Crippen molar-refractivity contribution in [3.8, 4) is 0 Å². The molecule has 10 heteroatoms. The van der Waals surface area contributed by atoms with Gasteiger partial charge in [0.25, 0.3) is 11.6 Å². The Morgan fingerprint density at radius 2 is 2.00 bits per heavy atom. The highest BCUT2D eigenvalue weighted by Crippen LogP contribution is 2.22. The predicted molar refractivity (Wildman–Crippen MR) is 70.5 cm³/mol. The summed E-state index contributed by atoms with van der Waals surface area (Å²) < 4.78 is 22.6. The topological polar surface area (TPSA) is 110 Å². The number of hydrogen-bond acceptors (Lipinski definition) is 6. The fourth-order valence-corrected chi connectivity index (χ4v) is 3.18. The molecule has 1 fully saturated rings. The molecule has 1 aliphatic heterocycles. The van der Waals surface area contributed by atoms with Gasteiger partial charge in [-0.2, -0.15) is 0 Å². The lowest BCUT2D eigenvalue weighted by Crippen LogP contribution is -2.43. The number of aromatic nitrogens is 1. The minimum atomic E-state index is -3.13. The van der Waals surface area contributed by atoms with Crippen molar-refractivity contribution >= 4 is 33.0 Å². The van der Waals surface area contributed by atoms with Crippen LogP contribution < -0.4 is 0 Å². The minimum absolute atomic E-state index is 0.0122. The molecule has 1 amide bonds. The Kier molecular flexibility index (Phi) is 3.91. The summed E-state index contributed by atoms with van der Waals surface area (Å²) >= 11 is 5.65. The van der Waals surface area contributed by atoms with E-state index in [0.29, 0.717) is 0 Å². The molecule has 1 saturated heterocycles. The van der Waals surface area contributed by atoms with Crippen molar-refractivity contribution in [2.75, 3.05) is 24.6 Å². The Morgan fingerprint density at radius 1 is 1.40 bits per heavy atom. The molecule has 0 N–H and O–H groups in total. The first-order valence-corrected chi connectivity index (χ1v) is 7.80. The molecule has 0 aromatic carbocycles. The lowest BCUT2D eigenvalue weighted by atomic mass is 10.2. The monoisotopic (exact) mass is 319 g/mol. The van der Waals surface area contributed by atoms with Crippen LogP contribution in [0.25, 0.3) is 0 Å². The smallest absolute Gasteiger partial charge is 0.300 e. The molecule has 20 heavy (non-hydrogen) atoms. The first-order valence-electron chi connectivity index (χ1n) is 5.60. The second kappa shape index (κ2) is 5.33. The summed E-state index contributed by atoms with van der Waals surface area (Å²) in [6.07, 6.45) is 0.913. The quantitative estimate of drug-likeness (QED) is 0.446. The van der Waals surface area contributed by atoms with Crippen LogP contribution in [-0.2, 0) is 9.84 Å². The number of halogens is 1. The molecule has 0 bridgehead atoms. The zero-order valence-corrected chi connectivity index (χ0v) is 11.7. The highest BCUT2D eigenvalue weighted by atomic mass is 35.5. The van der Waals surface area contributed by atoms with Gasteiger partial charge in [0.05, 0.1) is 16.4 Å². The van der Waals surface area contributed by atoms with Gasteiger partial charge in [0.1, 0.15) is 16.9 Å². The van der Waals surface area contributed by atoms with Gasteiger partial charge in [0.2, 0.25) is 0 Å². The molecular formula is C10H10ClN3O5S. The van der Waals surface area contributed by atoms with Gasteiger partial charge in [-0.05, 0) is 6.07 Å². The highest BCUT2D eigenvalue weighted by molar-refractivity contribution is 7.91. The number of sulfone groups is 1. The van der Waals surface area contributed by atoms with Gasteiger partial charge < -0.3 is 4.90 Å². The van der Waals surface area contributed by atoms with Crippen molar-refractivity contribution in [2.45, 2.75) is 0 Å². The van der Waals surface area contributed by atoms with E-state index in [0.717, 1.165) is 12.3 Å². The van der Waals surface area contributed by atoms with Gasteiger partial charge >= 0.3 is 0 Å². The maximum absolute atomic E-state index is 12.2. The second-order valence-electron chi connectivity index (χ2n) is 4.23. The van der Waals surface area contributed by atoms with Gasteiger partial charge in [-0.25, -0.2) is 13.4 Å². The van der Waals surface area contributed by atoms with E-state index in [1.165, 1.54) is 4.90 Å². The molecule has 0 atom stereocenters. The number of carbonyl (C=O) groups excluding carboxylic acids is 1. The van der Waals surface area contributed by atoms with Crippen molar-refractivity contribution in [3.05, 3.63) is 33.1 Å². The molecule has 2 rings (SSSR count). The van der Waals surface area contributed by atoms with Crippen molar-refractivity contribution in [1.29, 1.82) is 0 Å². The van der Waals surface area contributed by atoms with E-state index in [-0.39, 0.29) is 35.3 Å². The van der Waals surface area contributed by atoms with E-state index < -0.39 is 26.4 Å². The number of rotatable bonds is 2. The molecule has 1 aliphatic rings. The summed E-state index contributed by atoms with van der Waals surface area (Å²) in [7, 11) is -3.13. The van der Waals surface area contributed by atoms with E-state index >= 15 is 0 Å². The molecule has 2 heterocycles. The first-order chi connectivity index (χ1) is 9.30. The summed E-state index contributed by atoms with van der Waals surface area (Å²) in [4.78, 5) is 27.2. The largest absolute Gasteiger partial charge is 0.336 e. The lowest BCUT2D eigenvalue weighted by Gasteiger charge is -2.26. The van der Waals surface area contributed by atoms with Crippen molar-refractivity contribution in [1.82, 2.24) is 9.88 Å². The standard InChI is InChI=1S/C10H10ClN3O5S/c11-9-5-7(8(6-12-9)14(16)17)10(15)13-1-3-20(18,19)4-2-13/h5-6H,1-4H2. The van der Waals surface area contributed by atoms with E-state index in [9.17, 15) is 23.3 Å². The van der Waals surface area contributed by atoms with Gasteiger partial charge in [-0.3, -0.25) is 14.9 Å². The highest BCUT2D eigenvalue weighted by Gasteiger charge is 2.30. The van der Waals surface area contributed by atoms with Crippen LogP contribution in [0.5, 0.6) is 0 Å². The van der Waals surface area contributed by atoms with Crippen LogP contribution in [0.15, 0.2) is 12.3 Å². The van der Waals surface area contributed by atoms with Crippen LogP contribution in [0.2, 0.25) is 5.15 Å². The second-order valence-corrected chi connectivity index (χ2v) is 6.92. The summed E-state index contributed by atoms with van der Waals surface area (Å²) in [5.41, 5.74) is -0.637.